The summed E-state index contributed by atoms with van der Waals surface area (Å²) in [5.41, 5.74) is 0. The van der Waals surface area contributed by atoms with Gasteiger partial charge in [-0.1, -0.05) is 64.7 Å². The van der Waals surface area contributed by atoms with Crippen molar-refractivity contribution in [2.24, 2.45) is 0 Å². The molecule has 3 heteroatoms. The van der Waals surface area contributed by atoms with Crippen molar-refractivity contribution in [3.63, 3.8) is 0 Å². The van der Waals surface area contributed by atoms with Crippen LogP contribution in [-0.4, -0.2) is 29.4 Å². The van der Waals surface area contributed by atoms with Crippen molar-refractivity contribution >= 4 is 10.8 Å². The molecule has 0 aliphatic rings. The van der Waals surface area contributed by atoms with E-state index in [0.29, 0.717) is 12.4 Å². The second-order valence-corrected chi connectivity index (χ2v) is 6.63. The van der Waals surface area contributed by atoms with E-state index in [1.54, 1.807) is 6.26 Å². The predicted octanol–water partition coefficient (Wildman–Crippen LogP) is 4.30. The van der Waals surface area contributed by atoms with Gasteiger partial charge in [0.25, 0.3) is 0 Å². The van der Waals surface area contributed by atoms with Gasteiger partial charge in [-0.25, -0.2) is 0 Å². The average molecular weight is 276 g/mol. The van der Waals surface area contributed by atoms with Crippen molar-refractivity contribution in [3.05, 3.63) is 0 Å². The van der Waals surface area contributed by atoms with Crippen molar-refractivity contribution in [2.75, 3.05) is 25.2 Å². The van der Waals surface area contributed by atoms with E-state index >= 15 is 0 Å². The number of hydrogen-bond donors (Lipinski definition) is 0. The van der Waals surface area contributed by atoms with Crippen LogP contribution in [0.5, 0.6) is 0 Å². The minimum Gasteiger partial charge on any atom is -0.380 e. The first-order valence-electron chi connectivity index (χ1n) is 7.65. The fraction of sp³-hybridized carbons (Fsp3) is 1.00. The predicted molar refractivity (Wildman–Crippen MR) is 81.6 cm³/mol. The zero-order valence-electron chi connectivity index (χ0n) is 12.4. The molecule has 0 saturated carbocycles. The average Bonchev–Trinajstić information content (AvgIpc) is 2.34. The Morgan fingerprint density at radius 2 is 1.28 bits per heavy atom. The normalized spacial score (nSPS) is 12.8. The van der Waals surface area contributed by atoms with Gasteiger partial charge in [0.15, 0.2) is 0 Å². The first kappa shape index (κ1) is 18.1. The van der Waals surface area contributed by atoms with Crippen LogP contribution in [0.15, 0.2) is 0 Å². The van der Waals surface area contributed by atoms with Crippen molar-refractivity contribution in [1.82, 2.24) is 0 Å². The Bertz CT molecular complexity index is 183. The van der Waals surface area contributed by atoms with E-state index in [0.717, 1.165) is 13.0 Å². The molecular weight excluding hydrogens is 244 g/mol. The molecule has 0 saturated heterocycles. The van der Waals surface area contributed by atoms with Crippen LogP contribution in [0.2, 0.25) is 0 Å². The maximum Gasteiger partial charge on any atom is 0.0581 e. The van der Waals surface area contributed by atoms with E-state index in [2.05, 4.69) is 6.92 Å². The summed E-state index contributed by atoms with van der Waals surface area (Å²) < 4.78 is 16.2. The molecule has 0 radical (unpaired) electrons. The highest BCUT2D eigenvalue weighted by atomic mass is 32.2. The second-order valence-electron chi connectivity index (χ2n) is 5.07. The lowest BCUT2D eigenvalue weighted by Gasteiger charge is -2.03. The maximum absolute atomic E-state index is 10.8. The van der Waals surface area contributed by atoms with Crippen LogP contribution in [0.1, 0.15) is 71.1 Å². The Morgan fingerprint density at radius 3 is 1.78 bits per heavy atom. The molecule has 0 spiro atoms. The zero-order valence-corrected chi connectivity index (χ0v) is 13.2. The van der Waals surface area contributed by atoms with Gasteiger partial charge < -0.3 is 4.74 Å². The molecule has 2 nitrogen and oxygen atoms in total. The summed E-state index contributed by atoms with van der Waals surface area (Å²) in [6, 6.07) is 0. The monoisotopic (exact) mass is 276 g/mol. The Labute approximate surface area is 116 Å². The second kappa shape index (κ2) is 15.2. The number of rotatable bonds is 14. The molecule has 0 amide bonds. The van der Waals surface area contributed by atoms with E-state index in [4.69, 9.17) is 4.74 Å². The van der Waals surface area contributed by atoms with E-state index in [-0.39, 0.29) is 0 Å². The molecule has 0 aliphatic heterocycles. The molecule has 0 N–H and O–H groups in total. The molecule has 0 aromatic rings. The summed E-state index contributed by atoms with van der Waals surface area (Å²) in [5, 5.41) is 0. The minimum atomic E-state index is -0.706. The zero-order chi connectivity index (χ0) is 13.5. The van der Waals surface area contributed by atoms with Crippen molar-refractivity contribution < 1.29 is 8.95 Å². The van der Waals surface area contributed by atoms with Gasteiger partial charge in [0, 0.05) is 29.4 Å². The largest absolute Gasteiger partial charge is 0.380 e. The lowest BCUT2D eigenvalue weighted by molar-refractivity contribution is 0.145. The standard InChI is InChI=1S/C15H32O2S/c1-3-4-5-6-7-8-9-10-11-12-13-17-14-15-18(2)16/h3-15H2,1-2H3. The fourth-order valence-electron chi connectivity index (χ4n) is 1.97. The van der Waals surface area contributed by atoms with Gasteiger partial charge >= 0.3 is 0 Å². The summed E-state index contributed by atoms with van der Waals surface area (Å²) >= 11 is 0. The Balaban J connectivity index is 2.92. The summed E-state index contributed by atoms with van der Waals surface area (Å²) in [5.74, 6) is 0.678. The van der Waals surface area contributed by atoms with Gasteiger partial charge in [0.05, 0.1) is 6.61 Å². The van der Waals surface area contributed by atoms with Gasteiger partial charge in [-0.15, -0.1) is 0 Å². The van der Waals surface area contributed by atoms with Crippen LogP contribution in [-0.2, 0) is 15.5 Å². The molecule has 0 bridgehead atoms. The van der Waals surface area contributed by atoms with Crippen molar-refractivity contribution in [3.8, 4) is 0 Å². The van der Waals surface area contributed by atoms with Crippen LogP contribution >= 0.6 is 0 Å². The van der Waals surface area contributed by atoms with E-state index in [1.807, 2.05) is 0 Å². The summed E-state index contributed by atoms with van der Waals surface area (Å²) in [4.78, 5) is 0. The van der Waals surface area contributed by atoms with Crippen LogP contribution in [0.3, 0.4) is 0 Å². The Morgan fingerprint density at radius 1 is 0.778 bits per heavy atom. The Kier molecular flexibility index (Phi) is 15.3. The van der Waals surface area contributed by atoms with Gasteiger partial charge in [-0.2, -0.15) is 0 Å². The topological polar surface area (TPSA) is 26.3 Å². The van der Waals surface area contributed by atoms with E-state index < -0.39 is 10.8 Å². The molecule has 0 rings (SSSR count). The molecule has 110 valence electrons. The third-order valence-corrected chi connectivity index (χ3v) is 3.90. The summed E-state index contributed by atoms with van der Waals surface area (Å²) in [6.45, 7) is 3.76. The van der Waals surface area contributed by atoms with Crippen LogP contribution in [0.4, 0.5) is 0 Å². The fourth-order valence-corrected chi connectivity index (χ4v) is 2.32. The lowest BCUT2D eigenvalue weighted by Crippen LogP contribution is -2.05. The highest BCUT2D eigenvalue weighted by Gasteiger charge is 1.94. The summed E-state index contributed by atoms with van der Waals surface area (Å²) in [6.07, 6.45) is 15.3. The van der Waals surface area contributed by atoms with Gasteiger partial charge in [0.2, 0.25) is 0 Å². The Hall–Kier alpha value is 0.110. The maximum atomic E-state index is 10.8. The first-order chi connectivity index (χ1) is 8.77. The molecule has 0 aliphatic carbocycles. The quantitative estimate of drug-likeness (QED) is 0.442. The first-order valence-corrected chi connectivity index (χ1v) is 9.38. The van der Waals surface area contributed by atoms with Crippen LogP contribution in [0.25, 0.3) is 0 Å². The third kappa shape index (κ3) is 16.1. The third-order valence-electron chi connectivity index (χ3n) is 3.16. The molecule has 1 unspecified atom stereocenters. The van der Waals surface area contributed by atoms with E-state index in [1.165, 1.54) is 57.8 Å². The molecule has 0 fully saturated rings. The molecular formula is C15H32O2S. The molecule has 0 heterocycles. The van der Waals surface area contributed by atoms with Gasteiger partial charge in [-0.05, 0) is 6.42 Å². The van der Waals surface area contributed by atoms with Gasteiger partial charge in [-0.3, -0.25) is 4.21 Å². The number of unbranched alkanes of at least 4 members (excludes halogenated alkanes) is 9. The van der Waals surface area contributed by atoms with Crippen molar-refractivity contribution in [2.45, 2.75) is 71.1 Å². The highest BCUT2D eigenvalue weighted by molar-refractivity contribution is 7.84. The molecule has 1 atom stereocenters. The smallest absolute Gasteiger partial charge is 0.0581 e. The lowest BCUT2D eigenvalue weighted by atomic mass is 10.1. The molecule has 0 aromatic carbocycles. The molecule has 0 aromatic heterocycles. The van der Waals surface area contributed by atoms with Crippen LogP contribution in [0, 0.1) is 0 Å². The minimum absolute atomic E-state index is 0.653. The molecule has 18 heavy (non-hydrogen) atoms. The van der Waals surface area contributed by atoms with E-state index in [9.17, 15) is 4.21 Å². The highest BCUT2D eigenvalue weighted by Crippen LogP contribution is 2.10. The summed E-state index contributed by atoms with van der Waals surface area (Å²) in [7, 11) is -0.706. The van der Waals surface area contributed by atoms with Crippen LogP contribution < -0.4 is 0 Å². The van der Waals surface area contributed by atoms with Crippen molar-refractivity contribution in [1.29, 1.82) is 0 Å². The number of ether oxygens (including phenoxy) is 1. The van der Waals surface area contributed by atoms with Gasteiger partial charge in [0.1, 0.15) is 0 Å². The number of hydrogen-bond acceptors (Lipinski definition) is 2. The SMILES string of the molecule is CCCCCCCCCCCCOCCS(C)=O.